The van der Waals surface area contributed by atoms with Crippen molar-refractivity contribution in [2.24, 2.45) is 5.92 Å². The van der Waals surface area contributed by atoms with E-state index in [0.717, 1.165) is 11.1 Å². The monoisotopic (exact) mass is 393 g/mol. The van der Waals surface area contributed by atoms with Gasteiger partial charge in [0.05, 0.1) is 7.11 Å². The molecule has 5 heteroatoms. The van der Waals surface area contributed by atoms with Gasteiger partial charge in [-0.2, -0.15) is 0 Å². The predicted octanol–water partition coefficient (Wildman–Crippen LogP) is 3.74. The molecule has 3 rings (SSSR count). The van der Waals surface area contributed by atoms with E-state index >= 15 is 0 Å². The molecular weight excluding hydrogens is 366 g/mol. The van der Waals surface area contributed by atoms with Crippen LogP contribution in [-0.4, -0.2) is 36.1 Å². The number of cyclic esters (lactones) is 1. The number of ether oxygens (including phenoxy) is 2. The predicted molar refractivity (Wildman–Crippen MR) is 111 cm³/mol. The topological polar surface area (TPSA) is 55.8 Å². The third kappa shape index (κ3) is 5.12. The summed E-state index contributed by atoms with van der Waals surface area (Å²) in [4.78, 5) is 26.8. The fourth-order valence-electron chi connectivity index (χ4n) is 3.78. The lowest BCUT2D eigenvalue weighted by Crippen LogP contribution is -2.50. The first-order valence-corrected chi connectivity index (χ1v) is 9.78. The molecule has 0 aromatic heterocycles. The molecule has 5 nitrogen and oxygen atoms in total. The van der Waals surface area contributed by atoms with E-state index < -0.39 is 18.0 Å². The summed E-state index contributed by atoms with van der Waals surface area (Å²) in [5, 5.41) is 0. The maximum atomic E-state index is 12.5. The molecule has 0 radical (unpaired) electrons. The Hall–Kier alpha value is -2.92. The van der Waals surface area contributed by atoms with Crippen LogP contribution in [0.5, 0.6) is 0 Å². The Kier molecular flexibility index (Phi) is 6.83. The highest BCUT2D eigenvalue weighted by Crippen LogP contribution is 2.30. The normalized spacial score (nSPS) is 20.0. The van der Waals surface area contributed by atoms with Crippen LogP contribution in [0.2, 0.25) is 0 Å². The first-order chi connectivity index (χ1) is 14.0. The van der Waals surface area contributed by atoms with Crippen molar-refractivity contribution in [3.8, 4) is 0 Å². The SMILES string of the molecule is COC(=O)[C@H]1C(C)=CC(=O)O[C@@H]1[C@@H](C)N(Cc1ccccc1)Cc1ccccc1. The molecule has 1 aliphatic heterocycles. The highest BCUT2D eigenvalue weighted by atomic mass is 16.6. The number of nitrogens with zero attached hydrogens (tertiary/aromatic N) is 1. The molecule has 0 fully saturated rings. The van der Waals surface area contributed by atoms with E-state index in [1.54, 1.807) is 6.92 Å². The number of esters is 2. The molecule has 29 heavy (non-hydrogen) atoms. The van der Waals surface area contributed by atoms with Crippen LogP contribution in [0.4, 0.5) is 0 Å². The zero-order chi connectivity index (χ0) is 20.8. The third-order valence-electron chi connectivity index (χ3n) is 5.38. The Morgan fingerprint density at radius 2 is 1.55 bits per heavy atom. The van der Waals surface area contributed by atoms with Crippen LogP contribution in [0, 0.1) is 5.92 Å². The summed E-state index contributed by atoms with van der Waals surface area (Å²) in [5.74, 6) is -1.41. The van der Waals surface area contributed by atoms with Crippen LogP contribution < -0.4 is 0 Å². The molecule has 1 heterocycles. The summed E-state index contributed by atoms with van der Waals surface area (Å²) < 4.78 is 10.7. The highest BCUT2D eigenvalue weighted by Gasteiger charge is 2.42. The van der Waals surface area contributed by atoms with Gasteiger partial charge in [-0.15, -0.1) is 0 Å². The van der Waals surface area contributed by atoms with Gasteiger partial charge < -0.3 is 9.47 Å². The minimum Gasteiger partial charge on any atom is -0.468 e. The summed E-state index contributed by atoms with van der Waals surface area (Å²) >= 11 is 0. The lowest BCUT2D eigenvalue weighted by atomic mass is 9.87. The van der Waals surface area contributed by atoms with Gasteiger partial charge in [-0.1, -0.05) is 60.7 Å². The van der Waals surface area contributed by atoms with Crippen LogP contribution in [0.1, 0.15) is 25.0 Å². The van der Waals surface area contributed by atoms with E-state index in [9.17, 15) is 9.59 Å². The molecule has 0 amide bonds. The van der Waals surface area contributed by atoms with E-state index in [1.807, 2.05) is 43.3 Å². The van der Waals surface area contributed by atoms with E-state index in [-0.39, 0.29) is 12.0 Å². The molecule has 152 valence electrons. The number of rotatable bonds is 7. The van der Waals surface area contributed by atoms with Gasteiger partial charge >= 0.3 is 11.9 Å². The van der Waals surface area contributed by atoms with Gasteiger partial charge in [0.1, 0.15) is 12.0 Å². The van der Waals surface area contributed by atoms with E-state index in [1.165, 1.54) is 13.2 Å². The maximum Gasteiger partial charge on any atom is 0.331 e. The third-order valence-corrected chi connectivity index (χ3v) is 5.38. The molecule has 0 unspecified atom stereocenters. The summed E-state index contributed by atoms with van der Waals surface area (Å²) in [7, 11) is 1.36. The van der Waals surface area contributed by atoms with E-state index in [4.69, 9.17) is 9.47 Å². The molecule has 0 aliphatic carbocycles. The number of hydrogen-bond donors (Lipinski definition) is 0. The number of carbonyl (C=O) groups is 2. The van der Waals surface area contributed by atoms with Gasteiger partial charge in [0.25, 0.3) is 0 Å². The molecule has 0 saturated heterocycles. The molecule has 0 saturated carbocycles. The molecule has 0 N–H and O–H groups in total. The van der Waals surface area contributed by atoms with Crippen molar-refractivity contribution in [2.45, 2.75) is 39.1 Å². The fourth-order valence-corrected chi connectivity index (χ4v) is 3.78. The van der Waals surface area contributed by atoms with Crippen molar-refractivity contribution in [1.82, 2.24) is 4.90 Å². The highest BCUT2D eigenvalue weighted by molar-refractivity contribution is 5.88. The smallest absolute Gasteiger partial charge is 0.331 e. The number of benzene rings is 2. The molecule has 2 aromatic carbocycles. The summed E-state index contributed by atoms with van der Waals surface area (Å²) in [5.41, 5.74) is 2.97. The quantitative estimate of drug-likeness (QED) is 0.671. The Bertz CT molecular complexity index is 821. The van der Waals surface area contributed by atoms with Gasteiger partial charge in [-0.25, -0.2) is 4.79 Å². The largest absolute Gasteiger partial charge is 0.468 e. The molecule has 1 aliphatic rings. The maximum absolute atomic E-state index is 12.5. The number of hydrogen-bond acceptors (Lipinski definition) is 5. The first kappa shape index (κ1) is 20.8. The van der Waals surface area contributed by atoms with Crippen LogP contribution in [0.25, 0.3) is 0 Å². The first-order valence-electron chi connectivity index (χ1n) is 9.78. The van der Waals surface area contributed by atoms with Gasteiger partial charge in [0.2, 0.25) is 0 Å². The average molecular weight is 393 g/mol. The zero-order valence-corrected chi connectivity index (χ0v) is 17.1. The minimum absolute atomic E-state index is 0.202. The van der Waals surface area contributed by atoms with Gasteiger partial charge in [-0.05, 0) is 30.5 Å². The van der Waals surface area contributed by atoms with Crippen LogP contribution in [-0.2, 0) is 32.2 Å². The number of methoxy groups -OCH3 is 1. The van der Waals surface area contributed by atoms with E-state index in [2.05, 4.69) is 29.2 Å². The molecule has 2 aromatic rings. The summed E-state index contributed by atoms with van der Waals surface area (Å²) in [6.45, 7) is 5.11. The van der Waals surface area contributed by atoms with Crippen LogP contribution in [0.3, 0.4) is 0 Å². The minimum atomic E-state index is -0.618. The van der Waals surface area contributed by atoms with Crippen molar-refractivity contribution >= 4 is 11.9 Å². The Morgan fingerprint density at radius 3 is 2.03 bits per heavy atom. The molecule has 0 spiro atoms. The Labute approximate surface area is 171 Å². The van der Waals surface area contributed by atoms with E-state index in [0.29, 0.717) is 18.7 Å². The molecule has 3 atom stereocenters. The fraction of sp³-hybridized carbons (Fsp3) is 0.333. The van der Waals surface area contributed by atoms with Crippen molar-refractivity contribution < 1.29 is 19.1 Å². The Morgan fingerprint density at radius 1 is 1.03 bits per heavy atom. The zero-order valence-electron chi connectivity index (χ0n) is 17.1. The van der Waals surface area contributed by atoms with Gasteiger partial charge in [0, 0.05) is 25.2 Å². The standard InChI is InChI=1S/C24H27NO4/c1-17-14-21(26)29-23(22(17)24(27)28-3)18(2)25(15-19-10-6-4-7-11-19)16-20-12-8-5-9-13-20/h4-14,18,22-23H,15-16H2,1-3H3/t18-,22+,23-/m1/s1. The lowest BCUT2D eigenvalue weighted by Gasteiger charge is -2.39. The second-order valence-corrected chi connectivity index (χ2v) is 7.41. The van der Waals surface area contributed by atoms with Crippen molar-refractivity contribution in [2.75, 3.05) is 7.11 Å². The van der Waals surface area contributed by atoms with Crippen molar-refractivity contribution in [1.29, 1.82) is 0 Å². The summed E-state index contributed by atoms with van der Waals surface area (Å²) in [6.07, 6.45) is 0.760. The molecule has 0 bridgehead atoms. The lowest BCUT2D eigenvalue weighted by molar-refractivity contribution is -0.162. The Balaban J connectivity index is 1.91. The van der Waals surface area contributed by atoms with Crippen LogP contribution >= 0.6 is 0 Å². The van der Waals surface area contributed by atoms with Crippen molar-refractivity contribution in [3.05, 3.63) is 83.4 Å². The van der Waals surface area contributed by atoms with Gasteiger partial charge in [0.15, 0.2) is 0 Å². The second-order valence-electron chi connectivity index (χ2n) is 7.41. The summed E-state index contributed by atoms with van der Waals surface area (Å²) in [6, 6.07) is 20.1. The van der Waals surface area contributed by atoms with Crippen molar-refractivity contribution in [3.63, 3.8) is 0 Å². The van der Waals surface area contributed by atoms with Gasteiger partial charge in [-0.3, -0.25) is 9.69 Å². The average Bonchev–Trinajstić information content (AvgIpc) is 2.73. The van der Waals surface area contributed by atoms with Crippen LogP contribution in [0.15, 0.2) is 72.3 Å². The molecular formula is C24H27NO4. The number of carbonyl (C=O) groups excluding carboxylic acids is 2. The second kappa shape index (κ2) is 9.52.